The molecule has 4 amide bonds. The van der Waals surface area contributed by atoms with E-state index < -0.39 is 60.2 Å². The summed E-state index contributed by atoms with van der Waals surface area (Å²) in [6.07, 6.45) is 0.855. The number of carbonyl (C=O) groups excluding carboxylic acids is 4. The van der Waals surface area contributed by atoms with Crippen molar-refractivity contribution < 1.29 is 29.1 Å². The molecule has 1 aliphatic rings. The molecule has 33 heavy (non-hydrogen) atoms. The van der Waals surface area contributed by atoms with Gasteiger partial charge in [0, 0.05) is 18.8 Å². The Bertz CT molecular complexity index is 775. The van der Waals surface area contributed by atoms with Crippen molar-refractivity contribution in [3.05, 3.63) is 0 Å². The normalized spacial score (nSPS) is 18.0. The van der Waals surface area contributed by atoms with Crippen LogP contribution in [0.3, 0.4) is 0 Å². The number of nitrogens with two attached hydrogens (primary N) is 4. The van der Waals surface area contributed by atoms with Crippen molar-refractivity contribution >= 4 is 48.2 Å². The number of carboxylic acids is 1. The lowest BCUT2D eigenvalue weighted by Crippen LogP contribution is -2.57. The Morgan fingerprint density at radius 1 is 1.12 bits per heavy atom. The predicted molar refractivity (Wildman–Crippen MR) is 122 cm³/mol. The van der Waals surface area contributed by atoms with Crippen LogP contribution >= 0.6 is 12.6 Å². The molecule has 4 unspecified atom stereocenters. The van der Waals surface area contributed by atoms with Crippen molar-refractivity contribution in [2.45, 2.75) is 56.3 Å². The smallest absolute Gasteiger partial charge is 0.326 e. The molecule has 4 atom stereocenters. The minimum absolute atomic E-state index is 0.0821. The fraction of sp³-hybridized carbons (Fsp3) is 0.667. The van der Waals surface area contributed by atoms with E-state index in [0.717, 1.165) is 0 Å². The molecule has 1 saturated heterocycles. The summed E-state index contributed by atoms with van der Waals surface area (Å²) in [5, 5.41) is 14.3. The number of guanidine groups is 1. The lowest BCUT2D eigenvalue weighted by Gasteiger charge is -2.29. The van der Waals surface area contributed by atoms with Crippen LogP contribution in [0.2, 0.25) is 0 Å². The lowest BCUT2D eigenvalue weighted by molar-refractivity contribution is -0.144. The number of amides is 4. The zero-order valence-electron chi connectivity index (χ0n) is 18.1. The van der Waals surface area contributed by atoms with Crippen LogP contribution in [-0.2, 0) is 24.0 Å². The number of aliphatic imine (C=N–C) groups is 1. The first kappa shape index (κ1) is 28.0. The van der Waals surface area contributed by atoms with Gasteiger partial charge in [-0.1, -0.05) is 0 Å². The Hall–Kier alpha value is -3.07. The number of primary amides is 1. The highest BCUT2D eigenvalue weighted by molar-refractivity contribution is 7.80. The summed E-state index contributed by atoms with van der Waals surface area (Å²) < 4.78 is 0. The van der Waals surface area contributed by atoms with Crippen molar-refractivity contribution in [3.63, 3.8) is 0 Å². The molecule has 1 heterocycles. The van der Waals surface area contributed by atoms with Gasteiger partial charge in [0.05, 0.1) is 12.5 Å². The molecule has 0 radical (unpaired) electrons. The van der Waals surface area contributed by atoms with E-state index in [1.807, 2.05) is 0 Å². The molecule has 1 fully saturated rings. The highest BCUT2D eigenvalue weighted by Crippen LogP contribution is 2.19. The third-order valence-corrected chi connectivity index (χ3v) is 5.32. The number of carboxylic acid groups (broad SMARTS) is 1. The van der Waals surface area contributed by atoms with Gasteiger partial charge in [-0.05, 0) is 25.7 Å². The number of likely N-dealkylation sites (tertiary alicyclic amines) is 1. The van der Waals surface area contributed by atoms with Gasteiger partial charge >= 0.3 is 5.97 Å². The number of nitrogens with one attached hydrogen (secondary N) is 2. The first-order valence-corrected chi connectivity index (χ1v) is 10.9. The highest BCUT2D eigenvalue weighted by atomic mass is 32.1. The Balaban J connectivity index is 2.78. The molecule has 1 aliphatic heterocycles. The van der Waals surface area contributed by atoms with Crippen molar-refractivity contribution in [2.24, 2.45) is 27.9 Å². The van der Waals surface area contributed by atoms with Gasteiger partial charge in [0.1, 0.15) is 18.1 Å². The van der Waals surface area contributed by atoms with E-state index in [4.69, 9.17) is 22.9 Å². The summed E-state index contributed by atoms with van der Waals surface area (Å²) in [6, 6.07) is -4.42. The van der Waals surface area contributed by atoms with Crippen LogP contribution in [0.15, 0.2) is 4.99 Å². The summed E-state index contributed by atoms with van der Waals surface area (Å²) in [6.45, 7) is 0.448. The number of thiol groups is 1. The van der Waals surface area contributed by atoms with Crippen LogP contribution in [-0.4, -0.2) is 88.6 Å². The van der Waals surface area contributed by atoms with Crippen molar-refractivity contribution in [2.75, 3.05) is 18.8 Å². The Morgan fingerprint density at radius 2 is 1.79 bits per heavy atom. The molecule has 0 aromatic carbocycles. The molecule has 1 rings (SSSR count). The molecular formula is C18H32N8O6S. The minimum Gasteiger partial charge on any atom is -0.480 e. The van der Waals surface area contributed by atoms with E-state index in [1.54, 1.807) is 0 Å². The molecule has 14 nitrogen and oxygen atoms in total. The molecule has 186 valence electrons. The summed E-state index contributed by atoms with van der Waals surface area (Å²) in [7, 11) is 0. The summed E-state index contributed by atoms with van der Waals surface area (Å²) in [5.74, 6) is -4.14. The summed E-state index contributed by atoms with van der Waals surface area (Å²) >= 11 is 4.08. The summed E-state index contributed by atoms with van der Waals surface area (Å²) in [4.78, 5) is 65.4. The van der Waals surface area contributed by atoms with E-state index in [2.05, 4.69) is 28.3 Å². The summed E-state index contributed by atoms with van der Waals surface area (Å²) in [5.41, 5.74) is 21.1. The number of nitrogens with zero attached hydrogens (tertiary/aromatic N) is 2. The van der Waals surface area contributed by atoms with Gasteiger partial charge in [-0.3, -0.25) is 24.2 Å². The van der Waals surface area contributed by atoms with Crippen LogP contribution in [0.5, 0.6) is 0 Å². The average Bonchev–Trinajstić information content (AvgIpc) is 3.22. The molecule has 0 aromatic rings. The van der Waals surface area contributed by atoms with Gasteiger partial charge in [0.2, 0.25) is 23.6 Å². The lowest BCUT2D eigenvalue weighted by atomic mass is 10.1. The zero-order chi connectivity index (χ0) is 25.1. The van der Waals surface area contributed by atoms with E-state index in [1.165, 1.54) is 4.90 Å². The minimum atomic E-state index is -1.23. The van der Waals surface area contributed by atoms with Crippen LogP contribution in [0.4, 0.5) is 0 Å². The standard InChI is InChI=1S/C18H32N8O6S/c19-9(7-13(20)27)14(28)25-11(8-33)16(30)26-6-2-4-12(26)15(29)24-10(17(31)32)3-1-5-23-18(21)22/h9-12,33H,1-8,19H2,(H2,20,27)(H,24,29)(H,25,28)(H,31,32)(H4,21,22,23). The predicted octanol–water partition coefficient (Wildman–Crippen LogP) is -3.78. The number of hydrogen-bond acceptors (Lipinski definition) is 8. The Labute approximate surface area is 196 Å². The largest absolute Gasteiger partial charge is 0.480 e. The fourth-order valence-electron chi connectivity index (χ4n) is 3.31. The maximum Gasteiger partial charge on any atom is 0.326 e. The Kier molecular flexibility index (Phi) is 11.4. The molecule has 0 saturated carbocycles. The molecule has 15 heteroatoms. The van der Waals surface area contributed by atoms with Crippen LogP contribution < -0.4 is 33.6 Å². The second kappa shape index (κ2) is 13.5. The van der Waals surface area contributed by atoms with Gasteiger partial charge in [0.25, 0.3) is 0 Å². The first-order valence-electron chi connectivity index (χ1n) is 10.3. The van der Waals surface area contributed by atoms with Gasteiger partial charge in [-0.25, -0.2) is 4.79 Å². The van der Waals surface area contributed by atoms with Crippen molar-refractivity contribution in [1.82, 2.24) is 15.5 Å². The topological polar surface area (TPSA) is 249 Å². The van der Waals surface area contributed by atoms with Crippen molar-refractivity contribution in [1.29, 1.82) is 0 Å². The fourth-order valence-corrected chi connectivity index (χ4v) is 3.55. The third kappa shape index (κ3) is 9.13. The SMILES string of the molecule is NC(=O)CC(N)C(=O)NC(CS)C(=O)N1CCCC1C(=O)NC(CCCN=C(N)N)C(=O)O. The molecule has 0 spiro atoms. The number of rotatable bonds is 13. The van der Waals surface area contributed by atoms with Gasteiger partial charge in [-0.2, -0.15) is 12.6 Å². The number of aliphatic carboxylic acids is 1. The van der Waals surface area contributed by atoms with E-state index in [-0.39, 0.29) is 31.2 Å². The quantitative estimate of drug-likeness (QED) is 0.0547. The highest BCUT2D eigenvalue weighted by Gasteiger charge is 2.38. The van der Waals surface area contributed by atoms with Crippen LogP contribution in [0, 0.1) is 0 Å². The maximum absolute atomic E-state index is 13.0. The van der Waals surface area contributed by atoms with Gasteiger partial charge in [0.15, 0.2) is 5.96 Å². The van der Waals surface area contributed by atoms with E-state index in [0.29, 0.717) is 19.3 Å². The zero-order valence-corrected chi connectivity index (χ0v) is 19.0. The van der Waals surface area contributed by atoms with Gasteiger partial charge < -0.3 is 43.6 Å². The molecular weight excluding hydrogens is 456 g/mol. The number of carbonyl (C=O) groups is 5. The molecule has 0 aliphatic carbocycles. The monoisotopic (exact) mass is 488 g/mol. The molecule has 0 aromatic heterocycles. The maximum atomic E-state index is 13.0. The Morgan fingerprint density at radius 3 is 2.33 bits per heavy atom. The number of hydrogen-bond donors (Lipinski definition) is 8. The first-order chi connectivity index (χ1) is 15.5. The van der Waals surface area contributed by atoms with Crippen LogP contribution in [0.1, 0.15) is 32.1 Å². The van der Waals surface area contributed by atoms with Crippen LogP contribution in [0.25, 0.3) is 0 Å². The second-order valence-corrected chi connectivity index (χ2v) is 7.92. The van der Waals surface area contributed by atoms with Gasteiger partial charge in [-0.15, -0.1) is 0 Å². The molecule has 11 N–H and O–H groups in total. The van der Waals surface area contributed by atoms with E-state index in [9.17, 15) is 29.1 Å². The molecule has 0 bridgehead atoms. The van der Waals surface area contributed by atoms with E-state index >= 15 is 0 Å². The second-order valence-electron chi connectivity index (χ2n) is 7.56. The van der Waals surface area contributed by atoms with Crippen molar-refractivity contribution in [3.8, 4) is 0 Å². The average molecular weight is 489 g/mol. The third-order valence-electron chi connectivity index (χ3n) is 4.95.